The summed E-state index contributed by atoms with van der Waals surface area (Å²) in [5.41, 5.74) is 12.9. The van der Waals surface area contributed by atoms with Crippen molar-refractivity contribution < 1.29 is 9.47 Å². The van der Waals surface area contributed by atoms with Crippen LogP contribution in [0.15, 0.2) is 369 Å². The highest BCUT2D eigenvalue weighted by atomic mass is 32.2. The van der Waals surface area contributed by atoms with Crippen molar-refractivity contribution in [1.29, 1.82) is 0 Å². The van der Waals surface area contributed by atoms with Gasteiger partial charge in [-0.1, -0.05) is 347 Å². The Labute approximate surface area is 555 Å². The molecule has 0 bridgehead atoms. The molecule has 0 saturated carbocycles. The molecule has 0 spiro atoms. The summed E-state index contributed by atoms with van der Waals surface area (Å²) >= 11 is 3.64. The lowest BCUT2D eigenvalue weighted by Crippen LogP contribution is -2.17. The second-order valence-electron chi connectivity index (χ2n) is 20.3. The number of methoxy groups -OCH3 is 2. The van der Waals surface area contributed by atoms with Crippen molar-refractivity contribution in [3.63, 3.8) is 0 Å². The number of hydrogen-bond donors (Lipinski definition) is 2. The van der Waals surface area contributed by atoms with Gasteiger partial charge in [0.05, 0.1) is 18.4 Å². The van der Waals surface area contributed by atoms with Crippen LogP contribution in [-0.4, -0.2) is 40.8 Å². The Morgan fingerprint density at radius 1 is 0.330 bits per heavy atom. The molecule has 12 rings (SSSR count). The Morgan fingerprint density at radius 3 is 0.835 bits per heavy atom. The summed E-state index contributed by atoms with van der Waals surface area (Å²) in [6.07, 6.45) is 4.27. The quantitative estimate of drug-likeness (QED) is 0.106. The second-order valence-corrected chi connectivity index (χ2v) is 22.1. The average Bonchev–Trinajstić information content (AvgIpc) is 3.60. The van der Waals surface area contributed by atoms with Crippen molar-refractivity contribution in [2.24, 2.45) is 0 Å². The van der Waals surface area contributed by atoms with Crippen LogP contribution in [0.25, 0.3) is 0 Å². The Kier molecular flexibility index (Phi) is 38.3. The van der Waals surface area contributed by atoms with E-state index >= 15 is 0 Å². The standard InChI is InChI=1S/C14H15N.C14H14O.C14H14S.C14H14.C7H9N.C7H8O.C7H8S.C7H8.CH4/c3*1-15-14(12-8-4-2-5-9-12)13-10-6-3-7-11-13;1-12(13-8-4-2-5-9-13)14-10-6-3-7-11-14;3*1-8-7-5-3-2-4-6-7;1-7-5-3-2-4-6-7;/h2-11,14-15H,1H3;2*2-11,14H,1H3;2-12H,1H3;2-6,8H,1H3;2*2-6H,1H3;2-6H,1H3;1H4. The molecule has 0 unspecified atom stereocenters. The van der Waals surface area contributed by atoms with Crippen LogP contribution in [0.1, 0.15) is 87.7 Å². The summed E-state index contributed by atoms with van der Waals surface area (Å²) < 4.78 is 10.4. The highest BCUT2D eigenvalue weighted by Crippen LogP contribution is 2.33. The lowest BCUT2D eigenvalue weighted by Gasteiger charge is -2.16. The van der Waals surface area contributed by atoms with Gasteiger partial charge in [-0.05, 0) is 107 Å². The molecule has 0 atom stereocenters. The predicted octanol–water partition coefficient (Wildman–Crippen LogP) is 22.9. The first-order chi connectivity index (χ1) is 44.3. The van der Waals surface area contributed by atoms with Gasteiger partial charge in [0.2, 0.25) is 0 Å². The van der Waals surface area contributed by atoms with E-state index in [1.807, 2.05) is 171 Å². The van der Waals surface area contributed by atoms with Crippen LogP contribution >= 0.6 is 23.5 Å². The van der Waals surface area contributed by atoms with E-state index in [2.05, 4.69) is 255 Å². The summed E-state index contributed by atoms with van der Waals surface area (Å²) in [5.74, 6) is 1.39. The molecular weight excluding hydrogens is 1150 g/mol. The van der Waals surface area contributed by atoms with Crippen molar-refractivity contribution in [3.05, 3.63) is 414 Å². The van der Waals surface area contributed by atoms with Gasteiger partial charge in [0.25, 0.3) is 0 Å². The summed E-state index contributed by atoms with van der Waals surface area (Å²) in [7, 11) is 7.31. The van der Waals surface area contributed by atoms with E-state index in [1.165, 1.54) is 55.0 Å². The van der Waals surface area contributed by atoms with Gasteiger partial charge >= 0.3 is 0 Å². The number of anilines is 1. The molecule has 0 heterocycles. The van der Waals surface area contributed by atoms with Crippen molar-refractivity contribution in [2.45, 2.75) is 49.5 Å². The molecule has 0 saturated heterocycles. The molecule has 468 valence electrons. The van der Waals surface area contributed by atoms with Gasteiger partial charge in [0.1, 0.15) is 11.9 Å². The zero-order chi connectivity index (χ0) is 63.9. The number of thioether (sulfide) groups is 2. The van der Waals surface area contributed by atoms with Crippen molar-refractivity contribution in [3.8, 4) is 5.75 Å². The van der Waals surface area contributed by atoms with Crippen LogP contribution in [0.2, 0.25) is 0 Å². The molecular formula is C85H94N2O2S2. The Hall–Kier alpha value is -9.14. The van der Waals surface area contributed by atoms with Crippen LogP contribution in [0.4, 0.5) is 5.69 Å². The second kappa shape index (κ2) is 46.9. The lowest BCUT2D eigenvalue weighted by molar-refractivity contribution is 0.136. The van der Waals surface area contributed by atoms with Crippen LogP contribution in [0, 0.1) is 6.92 Å². The van der Waals surface area contributed by atoms with Gasteiger partial charge < -0.3 is 20.1 Å². The lowest BCUT2D eigenvalue weighted by atomic mass is 9.93. The van der Waals surface area contributed by atoms with Crippen LogP contribution in [0.3, 0.4) is 0 Å². The Morgan fingerprint density at radius 2 is 0.604 bits per heavy atom. The summed E-state index contributed by atoms with van der Waals surface area (Å²) in [6.45, 7) is 4.32. The maximum Gasteiger partial charge on any atom is 0.118 e. The molecule has 6 heteroatoms. The minimum absolute atomic E-state index is 0. The predicted molar refractivity (Wildman–Crippen MR) is 399 cm³/mol. The zero-order valence-electron chi connectivity index (χ0n) is 53.6. The monoisotopic (exact) mass is 1240 g/mol. The van der Waals surface area contributed by atoms with Gasteiger partial charge in [-0.3, -0.25) is 0 Å². The van der Waals surface area contributed by atoms with E-state index in [9.17, 15) is 0 Å². The average molecular weight is 1240 g/mol. The van der Waals surface area contributed by atoms with E-state index in [-0.39, 0.29) is 19.6 Å². The summed E-state index contributed by atoms with van der Waals surface area (Å²) in [6, 6.07) is 125. The number of rotatable bonds is 14. The van der Waals surface area contributed by atoms with E-state index in [1.54, 1.807) is 26.0 Å². The van der Waals surface area contributed by atoms with Gasteiger partial charge in [-0.25, -0.2) is 0 Å². The molecule has 2 N–H and O–H groups in total. The SMILES string of the molecule is C.CC(c1ccccc1)c1ccccc1.CNC(c1ccccc1)c1ccccc1.CNc1ccccc1.COC(c1ccccc1)c1ccccc1.COc1ccccc1.CSC(c1ccccc1)c1ccccc1.CSc1ccccc1.Cc1ccccc1. The van der Waals surface area contributed by atoms with Gasteiger partial charge in [-0.15, -0.1) is 11.8 Å². The molecule has 12 aromatic carbocycles. The first kappa shape index (κ1) is 74.3. The third-order valence-corrected chi connectivity index (χ3v) is 15.8. The molecule has 0 aliphatic heterocycles. The fourth-order valence-corrected chi connectivity index (χ4v) is 10.5. The highest BCUT2D eigenvalue weighted by Gasteiger charge is 2.13. The molecule has 4 nitrogen and oxygen atoms in total. The fraction of sp³-hybridized carbons (Fsp3) is 0.153. The van der Waals surface area contributed by atoms with Gasteiger partial charge in [0.15, 0.2) is 0 Å². The number of hydrogen-bond acceptors (Lipinski definition) is 6. The number of aryl methyl sites for hydroxylation is 1. The van der Waals surface area contributed by atoms with E-state index < -0.39 is 0 Å². The Balaban J connectivity index is 0.000000225. The topological polar surface area (TPSA) is 42.5 Å². The van der Waals surface area contributed by atoms with Crippen LogP contribution < -0.4 is 15.4 Å². The third kappa shape index (κ3) is 29.4. The molecule has 0 aromatic heterocycles. The van der Waals surface area contributed by atoms with Crippen molar-refractivity contribution in [2.75, 3.05) is 46.1 Å². The largest absolute Gasteiger partial charge is 0.497 e. The molecule has 0 fully saturated rings. The number of benzene rings is 12. The third-order valence-electron chi connectivity index (χ3n) is 14.0. The first-order valence-electron chi connectivity index (χ1n) is 30.4. The molecule has 0 aliphatic carbocycles. The van der Waals surface area contributed by atoms with E-state index in [4.69, 9.17) is 9.47 Å². The Bertz CT molecular complexity index is 3100. The number of para-hydroxylation sites is 2. The fourth-order valence-electron chi connectivity index (χ4n) is 9.19. The van der Waals surface area contributed by atoms with Crippen LogP contribution in [-0.2, 0) is 4.74 Å². The minimum atomic E-state index is 0. The maximum atomic E-state index is 5.52. The van der Waals surface area contributed by atoms with Crippen molar-refractivity contribution in [1.82, 2.24) is 5.32 Å². The minimum Gasteiger partial charge on any atom is -0.497 e. The van der Waals surface area contributed by atoms with Gasteiger partial charge in [-0.2, -0.15) is 11.8 Å². The normalized spacial score (nSPS) is 9.80. The zero-order valence-corrected chi connectivity index (χ0v) is 55.2. The molecule has 0 radical (unpaired) electrons. The number of ether oxygens (including phenoxy) is 2. The van der Waals surface area contributed by atoms with Gasteiger partial charge in [0, 0.05) is 30.7 Å². The summed E-state index contributed by atoms with van der Waals surface area (Å²) in [4.78, 5) is 1.33. The van der Waals surface area contributed by atoms with Crippen LogP contribution in [0.5, 0.6) is 5.75 Å². The smallest absolute Gasteiger partial charge is 0.118 e. The highest BCUT2D eigenvalue weighted by molar-refractivity contribution is 7.99. The van der Waals surface area contributed by atoms with E-state index in [0.717, 1.165) is 11.4 Å². The summed E-state index contributed by atoms with van der Waals surface area (Å²) in [5, 5.41) is 6.81. The molecule has 0 amide bonds. The van der Waals surface area contributed by atoms with E-state index in [0.29, 0.717) is 11.2 Å². The van der Waals surface area contributed by atoms with Crippen molar-refractivity contribution >= 4 is 29.2 Å². The maximum absolute atomic E-state index is 5.52. The molecule has 12 aromatic rings. The first-order valence-corrected chi connectivity index (χ1v) is 32.9. The molecule has 91 heavy (non-hydrogen) atoms. The number of nitrogens with one attached hydrogen (secondary N) is 2. The molecule has 0 aliphatic rings.